The maximum Gasteiger partial charge on any atom is 0.306 e. The molecule has 0 aliphatic heterocycles. The van der Waals surface area contributed by atoms with E-state index in [4.69, 9.17) is 14.2 Å². The molecule has 2 atom stereocenters. The Kier molecular flexibility index (Phi) is 43.7. The second kappa shape index (κ2) is 44.9. The van der Waals surface area contributed by atoms with Crippen molar-refractivity contribution in [2.75, 3.05) is 13.2 Å². The molecule has 0 spiro atoms. The van der Waals surface area contributed by atoms with Crippen LogP contribution in [-0.4, -0.2) is 37.2 Å². The molecule has 0 amide bonds. The first kappa shape index (κ1) is 56.4. The van der Waals surface area contributed by atoms with Gasteiger partial charge in [-0.25, -0.2) is 0 Å². The van der Waals surface area contributed by atoms with Gasteiger partial charge in [-0.15, -0.1) is 0 Å². The van der Waals surface area contributed by atoms with Crippen molar-refractivity contribution < 1.29 is 28.6 Å². The number of carbonyl (C=O) groups excluding carboxylic acids is 3. The molecule has 0 bridgehead atoms. The third-order valence-electron chi connectivity index (χ3n) is 12.1. The van der Waals surface area contributed by atoms with Gasteiger partial charge in [0.2, 0.25) is 0 Å². The molecule has 0 aromatic carbocycles. The van der Waals surface area contributed by atoms with Crippen LogP contribution in [0.15, 0.2) is 0 Å². The Labute approximate surface area is 361 Å². The van der Waals surface area contributed by atoms with Crippen LogP contribution in [0.4, 0.5) is 0 Å². The zero-order chi connectivity index (χ0) is 42.6. The molecule has 6 nitrogen and oxygen atoms in total. The first-order chi connectivity index (χ1) is 28.3. The number of esters is 3. The Morgan fingerprint density at radius 2 is 0.655 bits per heavy atom. The summed E-state index contributed by atoms with van der Waals surface area (Å²) >= 11 is 0. The van der Waals surface area contributed by atoms with Gasteiger partial charge in [-0.3, -0.25) is 14.4 Å². The SMILES string of the molecule is CCCCCCCCCC(=O)O[C@@H](COC(=O)CCCCCCCCCCCCCCCCC(C)CC)COC(=O)CCCCCCCCCCCCCCC(C)C. The summed E-state index contributed by atoms with van der Waals surface area (Å²) in [5.74, 6) is 0.875. The highest BCUT2D eigenvalue weighted by atomic mass is 16.6. The highest BCUT2D eigenvalue weighted by molar-refractivity contribution is 5.71. The first-order valence-corrected chi connectivity index (χ1v) is 25.8. The van der Waals surface area contributed by atoms with E-state index in [1.807, 2.05) is 0 Å². The van der Waals surface area contributed by atoms with Gasteiger partial charge < -0.3 is 14.2 Å². The lowest BCUT2D eigenvalue weighted by Gasteiger charge is -2.18. The van der Waals surface area contributed by atoms with Gasteiger partial charge in [0.15, 0.2) is 6.10 Å². The Balaban J connectivity index is 4.16. The summed E-state index contributed by atoms with van der Waals surface area (Å²) < 4.78 is 16.7. The lowest BCUT2D eigenvalue weighted by Crippen LogP contribution is -2.30. The van der Waals surface area contributed by atoms with Crippen molar-refractivity contribution in [3.8, 4) is 0 Å². The Morgan fingerprint density at radius 3 is 0.983 bits per heavy atom. The van der Waals surface area contributed by atoms with E-state index in [2.05, 4.69) is 34.6 Å². The molecule has 0 aliphatic carbocycles. The molecule has 0 heterocycles. The van der Waals surface area contributed by atoms with Crippen LogP contribution < -0.4 is 0 Å². The third-order valence-corrected chi connectivity index (χ3v) is 12.1. The summed E-state index contributed by atoms with van der Waals surface area (Å²) in [5, 5.41) is 0. The molecule has 58 heavy (non-hydrogen) atoms. The largest absolute Gasteiger partial charge is 0.462 e. The molecular formula is C52H100O6. The normalized spacial score (nSPS) is 12.5. The van der Waals surface area contributed by atoms with Gasteiger partial charge in [0.05, 0.1) is 0 Å². The van der Waals surface area contributed by atoms with Gasteiger partial charge in [-0.05, 0) is 31.1 Å². The fraction of sp³-hybridized carbons (Fsp3) is 0.942. The minimum atomic E-state index is -0.760. The predicted molar refractivity (Wildman–Crippen MR) is 247 cm³/mol. The van der Waals surface area contributed by atoms with Gasteiger partial charge in [0.25, 0.3) is 0 Å². The van der Waals surface area contributed by atoms with Crippen LogP contribution in [-0.2, 0) is 28.6 Å². The molecular weight excluding hydrogens is 721 g/mol. The average molecular weight is 821 g/mol. The second-order valence-electron chi connectivity index (χ2n) is 18.5. The van der Waals surface area contributed by atoms with Gasteiger partial charge in [0, 0.05) is 19.3 Å². The molecule has 0 saturated carbocycles. The van der Waals surface area contributed by atoms with Crippen molar-refractivity contribution in [1.82, 2.24) is 0 Å². The van der Waals surface area contributed by atoms with E-state index < -0.39 is 6.10 Å². The monoisotopic (exact) mass is 821 g/mol. The summed E-state index contributed by atoms with van der Waals surface area (Å²) in [4.78, 5) is 37.8. The van der Waals surface area contributed by atoms with Crippen LogP contribution in [0.25, 0.3) is 0 Å². The van der Waals surface area contributed by atoms with Crippen LogP contribution in [0.2, 0.25) is 0 Å². The minimum Gasteiger partial charge on any atom is -0.462 e. The molecule has 6 heteroatoms. The van der Waals surface area contributed by atoms with E-state index in [1.54, 1.807) is 0 Å². The molecule has 0 radical (unpaired) electrons. The number of ether oxygens (including phenoxy) is 3. The summed E-state index contributed by atoms with van der Waals surface area (Å²) in [6, 6.07) is 0. The fourth-order valence-electron chi connectivity index (χ4n) is 7.78. The van der Waals surface area contributed by atoms with Gasteiger partial charge in [0.1, 0.15) is 13.2 Å². The van der Waals surface area contributed by atoms with Crippen molar-refractivity contribution >= 4 is 17.9 Å². The van der Waals surface area contributed by atoms with E-state index in [9.17, 15) is 14.4 Å². The summed E-state index contributed by atoms with van der Waals surface area (Å²) in [7, 11) is 0. The van der Waals surface area contributed by atoms with Crippen LogP contribution >= 0.6 is 0 Å². The minimum absolute atomic E-state index is 0.0642. The number of hydrogen-bond donors (Lipinski definition) is 0. The van der Waals surface area contributed by atoms with Crippen LogP contribution in [0.3, 0.4) is 0 Å². The molecule has 0 aromatic rings. The van der Waals surface area contributed by atoms with Crippen molar-refractivity contribution in [2.45, 2.75) is 291 Å². The molecule has 0 aliphatic rings. The van der Waals surface area contributed by atoms with E-state index in [0.29, 0.717) is 19.3 Å². The van der Waals surface area contributed by atoms with E-state index >= 15 is 0 Å². The smallest absolute Gasteiger partial charge is 0.306 e. The fourth-order valence-corrected chi connectivity index (χ4v) is 7.78. The summed E-state index contributed by atoms with van der Waals surface area (Å²) in [6.45, 7) is 11.4. The maximum atomic E-state index is 12.7. The molecule has 344 valence electrons. The first-order valence-electron chi connectivity index (χ1n) is 25.8. The van der Waals surface area contributed by atoms with E-state index in [1.165, 1.54) is 173 Å². The average Bonchev–Trinajstić information content (AvgIpc) is 3.21. The second-order valence-corrected chi connectivity index (χ2v) is 18.5. The number of carbonyl (C=O) groups is 3. The van der Waals surface area contributed by atoms with Crippen LogP contribution in [0, 0.1) is 11.8 Å². The molecule has 0 fully saturated rings. The standard InChI is InChI=1S/C52H100O6/c1-6-8-9-10-25-34-39-44-52(55)58-49(46-57-51(54)43-38-33-29-24-20-16-15-17-21-26-30-35-40-47(3)4)45-56-50(53)42-37-32-28-23-19-14-12-11-13-18-22-27-31-36-41-48(5)7-2/h47-49H,6-46H2,1-5H3/t48?,49-/m0/s1. The van der Waals surface area contributed by atoms with Crippen molar-refractivity contribution in [3.05, 3.63) is 0 Å². The van der Waals surface area contributed by atoms with Gasteiger partial charge >= 0.3 is 17.9 Å². The Hall–Kier alpha value is -1.59. The Bertz CT molecular complexity index is 887. The maximum absolute atomic E-state index is 12.7. The van der Waals surface area contributed by atoms with E-state index in [-0.39, 0.29) is 31.1 Å². The van der Waals surface area contributed by atoms with E-state index in [0.717, 1.165) is 69.6 Å². The lowest BCUT2D eigenvalue weighted by atomic mass is 9.99. The van der Waals surface area contributed by atoms with Crippen LogP contribution in [0.5, 0.6) is 0 Å². The molecule has 1 unspecified atom stereocenters. The van der Waals surface area contributed by atoms with Crippen molar-refractivity contribution in [1.29, 1.82) is 0 Å². The highest BCUT2D eigenvalue weighted by Gasteiger charge is 2.19. The summed E-state index contributed by atoms with van der Waals surface area (Å²) in [5.41, 5.74) is 0. The topological polar surface area (TPSA) is 78.9 Å². The zero-order valence-corrected chi connectivity index (χ0v) is 39.7. The lowest BCUT2D eigenvalue weighted by molar-refractivity contribution is -0.167. The molecule has 0 aromatic heterocycles. The van der Waals surface area contributed by atoms with Crippen molar-refractivity contribution in [3.63, 3.8) is 0 Å². The van der Waals surface area contributed by atoms with Crippen LogP contribution in [0.1, 0.15) is 285 Å². The van der Waals surface area contributed by atoms with Crippen molar-refractivity contribution in [2.24, 2.45) is 11.8 Å². The quantitative estimate of drug-likeness (QED) is 0.0346. The molecule has 0 rings (SSSR count). The zero-order valence-electron chi connectivity index (χ0n) is 39.7. The molecule has 0 saturated heterocycles. The number of hydrogen-bond acceptors (Lipinski definition) is 6. The Morgan fingerprint density at radius 1 is 0.362 bits per heavy atom. The number of rotatable bonds is 46. The number of unbranched alkanes of at least 4 members (excludes halogenated alkanes) is 30. The van der Waals surface area contributed by atoms with Gasteiger partial charge in [-0.1, -0.05) is 247 Å². The molecule has 0 N–H and O–H groups in total. The van der Waals surface area contributed by atoms with Gasteiger partial charge in [-0.2, -0.15) is 0 Å². The third kappa shape index (κ3) is 44.0. The highest BCUT2D eigenvalue weighted by Crippen LogP contribution is 2.18. The summed E-state index contributed by atoms with van der Waals surface area (Å²) in [6.07, 6.45) is 45.2. The predicted octanol–water partition coefficient (Wildman–Crippen LogP) is 16.5.